The molecule has 1 aliphatic heterocycles. The number of rotatable bonds is 7. The quantitative estimate of drug-likeness (QED) is 0.632. The minimum absolute atomic E-state index is 0.0684. The number of nitriles is 1. The van der Waals surface area contributed by atoms with E-state index in [1.54, 1.807) is 17.0 Å². The van der Waals surface area contributed by atoms with Crippen molar-refractivity contribution in [1.82, 2.24) is 14.9 Å². The molecule has 1 aromatic carbocycles. The van der Waals surface area contributed by atoms with Crippen molar-refractivity contribution < 1.29 is 17.6 Å². The molecule has 2 N–H and O–H groups in total. The molecule has 4 bridgehead atoms. The highest BCUT2D eigenvalue weighted by molar-refractivity contribution is 7.90. The molecule has 1 saturated heterocycles. The van der Waals surface area contributed by atoms with Crippen LogP contribution in [0.25, 0.3) is 0 Å². The zero-order chi connectivity index (χ0) is 23.3. The number of likely N-dealkylation sites (tertiary alicyclic amines) is 1. The maximum Gasteiger partial charge on any atom is 0.237 e. The summed E-state index contributed by atoms with van der Waals surface area (Å²) >= 11 is 0. The monoisotopic (exact) mass is 474 g/mol. The number of benzene rings is 1. The van der Waals surface area contributed by atoms with Crippen molar-refractivity contribution in [1.29, 1.82) is 5.26 Å². The first-order valence-corrected chi connectivity index (χ1v) is 13.4. The fraction of sp³-hybridized carbons (Fsp3) is 0.667. The average Bonchev–Trinajstić information content (AvgIpc) is 3.25. The molecule has 0 aromatic heterocycles. The van der Waals surface area contributed by atoms with Gasteiger partial charge in [0.05, 0.1) is 17.4 Å². The highest BCUT2D eigenvalue weighted by Crippen LogP contribution is 2.60. The van der Waals surface area contributed by atoms with Gasteiger partial charge in [0.1, 0.15) is 11.9 Å². The number of halogens is 1. The third-order valence-electron chi connectivity index (χ3n) is 8.29. The van der Waals surface area contributed by atoms with E-state index in [2.05, 4.69) is 16.1 Å². The molecule has 5 aliphatic rings. The molecule has 1 amide bonds. The maximum absolute atomic E-state index is 13.6. The smallest absolute Gasteiger partial charge is 0.237 e. The zero-order valence-electron chi connectivity index (χ0n) is 18.7. The summed E-state index contributed by atoms with van der Waals surface area (Å²) in [7, 11) is -3.61. The van der Waals surface area contributed by atoms with E-state index in [-0.39, 0.29) is 36.4 Å². The summed E-state index contributed by atoms with van der Waals surface area (Å²) in [6.45, 7) is 0.905. The first-order valence-electron chi connectivity index (χ1n) is 11.9. The van der Waals surface area contributed by atoms with Gasteiger partial charge in [-0.3, -0.25) is 4.79 Å². The SMILES string of the molecule is N#C[C@@H]1CCCN1C(=O)CNC12CC3CC(C1)CC(S(=O)(=O)NCc1ccc(F)cc1)(C3)C2. The van der Waals surface area contributed by atoms with Gasteiger partial charge in [-0.2, -0.15) is 5.26 Å². The summed E-state index contributed by atoms with van der Waals surface area (Å²) in [5, 5.41) is 12.8. The number of hydrogen-bond donors (Lipinski definition) is 2. The Morgan fingerprint density at radius 1 is 1.18 bits per heavy atom. The van der Waals surface area contributed by atoms with E-state index in [1.165, 1.54) is 12.1 Å². The Bertz CT molecular complexity index is 1050. The molecule has 0 spiro atoms. The third-order valence-corrected chi connectivity index (χ3v) is 10.4. The van der Waals surface area contributed by atoms with Crippen LogP contribution < -0.4 is 10.0 Å². The molecule has 3 atom stereocenters. The molecule has 4 aliphatic carbocycles. The van der Waals surface area contributed by atoms with E-state index in [0.717, 1.165) is 37.7 Å². The van der Waals surface area contributed by atoms with Crippen LogP contribution in [0.2, 0.25) is 0 Å². The first-order chi connectivity index (χ1) is 15.7. The number of hydrogen-bond acceptors (Lipinski definition) is 5. The second-order valence-corrected chi connectivity index (χ2v) is 12.8. The van der Waals surface area contributed by atoms with Crippen LogP contribution in [-0.2, 0) is 21.4 Å². The normalized spacial score (nSPS) is 35.0. The Morgan fingerprint density at radius 3 is 2.55 bits per heavy atom. The fourth-order valence-electron chi connectivity index (χ4n) is 7.20. The van der Waals surface area contributed by atoms with Crippen molar-refractivity contribution in [3.63, 3.8) is 0 Å². The second kappa shape index (κ2) is 8.33. The van der Waals surface area contributed by atoms with Gasteiger partial charge in [0.15, 0.2) is 0 Å². The molecular weight excluding hydrogens is 443 g/mol. The van der Waals surface area contributed by atoms with E-state index in [1.807, 2.05) is 0 Å². The maximum atomic E-state index is 13.6. The van der Waals surface area contributed by atoms with Crippen LogP contribution in [-0.4, -0.2) is 48.6 Å². The van der Waals surface area contributed by atoms with Gasteiger partial charge >= 0.3 is 0 Å². The van der Waals surface area contributed by atoms with E-state index in [9.17, 15) is 22.9 Å². The van der Waals surface area contributed by atoms with Crippen LogP contribution in [0.5, 0.6) is 0 Å². The van der Waals surface area contributed by atoms with Gasteiger partial charge in [-0.05, 0) is 80.9 Å². The highest BCUT2D eigenvalue weighted by Gasteiger charge is 2.62. The number of sulfonamides is 1. The molecule has 178 valence electrons. The van der Waals surface area contributed by atoms with Gasteiger partial charge in [-0.1, -0.05) is 12.1 Å². The molecule has 1 heterocycles. The first kappa shape index (κ1) is 22.8. The van der Waals surface area contributed by atoms with Gasteiger partial charge in [-0.15, -0.1) is 0 Å². The van der Waals surface area contributed by atoms with Crippen molar-refractivity contribution in [2.24, 2.45) is 11.8 Å². The van der Waals surface area contributed by atoms with E-state index in [4.69, 9.17) is 0 Å². The lowest BCUT2D eigenvalue weighted by atomic mass is 9.52. The van der Waals surface area contributed by atoms with Crippen LogP contribution in [0.3, 0.4) is 0 Å². The minimum atomic E-state index is -3.61. The topological polar surface area (TPSA) is 102 Å². The zero-order valence-corrected chi connectivity index (χ0v) is 19.5. The number of nitrogens with one attached hydrogen (secondary N) is 2. The molecule has 2 unspecified atom stereocenters. The van der Waals surface area contributed by atoms with Gasteiger partial charge in [0, 0.05) is 18.6 Å². The lowest BCUT2D eigenvalue weighted by Crippen LogP contribution is -2.68. The summed E-state index contributed by atoms with van der Waals surface area (Å²) in [6, 6.07) is 7.73. The van der Waals surface area contributed by atoms with Crippen LogP contribution in [0, 0.1) is 29.0 Å². The molecule has 7 nitrogen and oxygen atoms in total. The van der Waals surface area contributed by atoms with E-state index in [0.29, 0.717) is 37.6 Å². The lowest BCUT2D eigenvalue weighted by molar-refractivity contribution is -0.131. The minimum Gasteiger partial charge on any atom is -0.326 e. The van der Waals surface area contributed by atoms with Crippen molar-refractivity contribution in [2.45, 2.75) is 74.2 Å². The second-order valence-electron chi connectivity index (χ2n) is 10.6. The van der Waals surface area contributed by atoms with Crippen molar-refractivity contribution in [3.05, 3.63) is 35.6 Å². The summed E-state index contributed by atoms with van der Waals surface area (Å²) in [4.78, 5) is 14.5. The summed E-state index contributed by atoms with van der Waals surface area (Å²) in [5.74, 6) is 0.242. The van der Waals surface area contributed by atoms with Crippen LogP contribution in [0.15, 0.2) is 24.3 Å². The Kier molecular flexibility index (Phi) is 5.74. The number of amides is 1. The van der Waals surface area contributed by atoms with Gasteiger partial charge in [0.2, 0.25) is 15.9 Å². The Labute approximate surface area is 194 Å². The lowest BCUT2D eigenvalue weighted by Gasteiger charge is -2.61. The van der Waals surface area contributed by atoms with Crippen molar-refractivity contribution in [2.75, 3.05) is 13.1 Å². The van der Waals surface area contributed by atoms with Crippen LogP contribution >= 0.6 is 0 Å². The predicted molar refractivity (Wildman–Crippen MR) is 121 cm³/mol. The molecule has 5 fully saturated rings. The van der Waals surface area contributed by atoms with Gasteiger partial charge < -0.3 is 10.2 Å². The van der Waals surface area contributed by atoms with Gasteiger partial charge in [-0.25, -0.2) is 17.5 Å². The molecule has 6 rings (SSSR count). The number of carbonyl (C=O) groups is 1. The summed E-state index contributed by atoms with van der Waals surface area (Å²) in [6.07, 6.45) is 6.22. The molecule has 1 aromatic rings. The largest absolute Gasteiger partial charge is 0.326 e. The Hall–Kier alpha value is -2.02. The summed E-state index contributed by atoms with van der Waals surface area (Å²) < 4.78 is 42.3. The molecular formula is C24H31FN4O3S. The van der Waals surface area contributed by atoms with Crippen LogP contribution in [0.1, 0.15) is 56.9 Å². The third kappa shape index (κ3) is 4.17. The molecule has 9 heteroatoms. The predicted octanol–water partition coefficient (Wildman–Crippen LogP) is 2.44. The summed E-state index contributed by atoms with van der Waals surface area (Å²) in [5.41, 5.74) is 0.368. The average molecular weight is 475 g/mol. The van der Waals surface area contributed by atoms with Crippen molar-refractivity contribution in [3.8, 4) is 6.07 Å². The van der Waals surface area contributed by atoms with Crippen molar-refractivity contribution >= 4 is 15.9 Å². The standard InChI is InChI=1S/C24H31FN4O3S/c25-20-5-3-17(4-6-20)14-28-33(31,32)24-11-18-8-19(12-24)10-23(9-18,16-24)27-15-22(30)29-7-1-2-21(29)13-26/h3-6,18-19,21,27-28H,1-2,7-12,14-16H2/t18?,19?,21-,23?,24?/m0/s1. The Balaban J connectivity index is 1.30. The molecule has 4 saturated carbocycles. The highest BCUT2D eigenvalue weighted by atomic mass is 32.2. The van der Waals surface area contributed by atoms with Crippen LogP contribution in [0.4, 0.5) is 4.39 Å². The van der Waals surface area contributed by atoms with E-state index < -0.39 is 14.8 Å². The Morgan fingerprint density at radius 2 is 1.88 bits per heavy atom. The fourth-order valence-corrected chi connectivity index (χ4v) is 9.24. The number of carbonyl (C=O) groups excluding carboxylic acids is 1. The molecule has 0 radical (unpaired) electrons. The van der Waals surface area contributed by atoms with E-state index >= 15 is 0 Å². The number of nitrogens with zero attached hydrogens (tertiary/aromatic N) is 2. The molecule has 33 heavy (non-hydrogen) atoms. The van der Waals surface area contributed by atoms with Gasteiger partial charge in [0.25, 0.3) is 0 Å².